The van der Waals surface area contributed by atoms with Gasteiger partial charge in [0.05, 0.1) is 5.60 Å². The van der Waals surface area contributed by atoms with E-state index in [1.54, 1.807) is 0 Å². The molecule has 1 aromatic carbocycles. The summed E-state index contributed by atoms with van der Waals surface area (Å²) in [5, 5.41) is 11.8. The predicted octanol–water partition coefficient (Wildman–Crippen LogP) is 3.27. The van der Waals surface area contributed by atoms with Crippen LogP contribution in [-0.4, -0.2) is 33.2 Å². The lowest BCUT2D eigenvalue weighted by Gasteiger charge is -2.28. The van der Waals surface area contributed by atoms with Crippen LogP contribution in [0.15, 0.2) is 18.2 Å². The van der Waals surface area contributed by atoms with Gasteiger partial charge in [0.1, 0.15) is 0 Å². The fourth-order valence-corrected chi connectivity index (χ4v) is 3.94. The van der Waals surface area contributed by atoms with Gasteiger partial charge in [-0.2, -0.15) is 0 Å². The van der Waals surface area contributed by atoms with E-state index in [4.69, 9.17) is 0 Å². The maximum Gasteiger partial charge on any atom is 0.0804 e. The van der Waals surface area contributed by atoms with Crippen LogP contribution in [0.1, 0.15) is 42.5 Å². The zero-order chi connectivity index (χ0) is 14.6. The topological polar surface area (TPSA) is 39.3 Å². The van der Waals surface area contributed by atoms with Gasteiger partial charge in [-0.25, -0.2) is 0 Å². The van der Waals surface area contributed by atoms with Gasteiger partial charge in [-0.05, 0) is 63.8 Å². The van der Waals surface area contributed by atoms with E-state index in [1.165, 1.54) is 34.1 Å². The molecule has 21 heavy (non-hydrogen) atoms. The number of aromatic nitrogens is 1. The van der Waals surface area contributed by atoms with Crippen LogP contribution in [0.3, 0.4) is 0 Å². The SMILES string of the molecule is Cc1ccc2[nH]c(CN3CCCC3C3(O)CC3)c(C)c2c1. The van der Waals surface area contributed by atoms with Gasteiger partial charge in [0.15, 0.2) is 0 Å². The van der Waals surface area contributed by atoms with Gasteiger partial charge in [-0.1, -0.05) is 11.6 Å². The second-order valence-corrected chi connectivity index (χ2v) is 7.01. The molecule has 1 unspecified atom stereocenters. The highest BCUT2D eigenvalue weighted by Crippen LogP contribution is 2.45. The van der Waals surface area contributed by atoms with Crippen LogP contribution in [0.5, 0.6) is 0 Å². The Bertz CT molecular complexity index is 684. The Morgan fingerprint density at radius 2 is 2.14 bits per heavy atom. The lowest BCUT2D eigenvalue weighted by molar-refractivity contribution is 0.0476. The Balaban J connectivity index is 1.63. The largest absolute Gasteiger partial charge is 0.388 e. The van der Waals surface area contributed by atoms with Crippen molar-refractivity contribution in [2.45, 2.75) is 57.7 Å². The predicted molar refractivity (Wildman–Crippen MR) is 85.4 cm³/mol. The van der Waals surface area contributed by atoms with E-state index in [0.717, 1.165) is 32.4 Å². The molecule has 3 heteroatoms. The molecule has 0 amide bonds. The van der Waals surface area contributed by atoms with Gasteiger partial charge in [0.2, 0.25) is 0 Å². The first-order valence-corrected chi connectivity index (χ1v) is 8.11. The molecule has 1 saturated heterocycles. The standard InChI is InChI=1S/C18H24N2O/c1-12-5-6-15-14(10-12)13(2)16(19-15)11-20-9-3-4-17(20)18(21)7-8-18/h5-6,10,17,19,21H,3-4,7-9,11H2,1-2H3. The minimum absolute atomic E-state index is 0.366. The zero-order valence-electron chi connectivity index (χ0n) is 12.9. The molecular weight excluding hydrogens is 260 g/mol. The third kappa shape index (κ3) is 2.19. The second-order valence-electron chi connectivity index (χ2n) is 7.01. The molecule has 1 aliphatic heterocycles. The second kappa shape index (κ2) is 4.59. The average molecular weight is 284 g/mol. The first-order valence-electron chi connectivity index (χ1n) is 8.11. The minimum Gasteiger partial charge on any atom is -0.388 e. The molecule has 0 spiro atoms. The number of H-pyrrole nitrogens is 1. The van der Waals surface area contributed by atoms with Crippen LogP contribution in [-0.2, 0) is 6.54 Å². The number of likely N-dealkylation sites (tertiary alicyclic amines) is 1. The molecule has 3 nitrogen and oxygen atoms in total. The number of aromatic amines is 1. The van der Waals surface area contributed by atoms with Gasteiger partial charge in [-0.3, -0.25) is 4.90 Å². The minimum atomic E-state index is -0.382. The van der Waals surface area contributed by atoms with Crippen LogP contribution in [0.4, 0.5) is 0 Å². The van der Waals surface area contributed by atoms with Crippen LogP contribution in [0.25, 0.3) is 10.9 Å². The molecule has 1 aromatic heterocycles. The number of nitrogens with zero attached hydrogens (tertiary/aromatic N) is 1. The summed E-state index contributed by atoms with van der Waals surface area (Å²) in [5.74, 6) is 0. The molecule has 2 N–H and O–H groups in total. The Kier molecular flexibility index (Phi) is 2.92. The number of nitrogens with one attached hydrogen (secondary N) is 1. The van der Waals surface area contributed by atoms with Crippen molar-refractivity contribution < 1.29 is 5.11 Å². The van der Waals surface area contributed by atoms with Gasteiger partial charge >= 0.3 is 0 Å². The maximum absolute atomic E-state index is 10.5. The highest BCUT2D eigenvalue weighted by molar-refractivity contribution is 5.85. The monoisotopic (exact) mass is 284 g/mol. The van der Waals surface area contributed by atoms with Crippen LogP contribution >= 0.6 is 0 Å². The molecule has 112 valence electrons. The van der Waals surface area contributed by atoms with Gasteiger partial charge < -0.3 is 10.1 Å². The van der Waals surface area contributed by atoms with Crippen LogP contribution < -0.4 is 0 Å². The van der Waals surface area contributed by atoms with Crippen molar-refractivity contribution in [3.63, 3.8) is 0 Å². The van der Waals surface area contributed by atoms with Crippen molar-refractivity contribution in [1.82, 2.24) is 9.88 Å². The number of aliphatic hydroxyl groups is 1. The molecule has 2 aliphatic rings. The number of aryl methyl sites for hydroxylation is 2. The van der Waals surface area contributed by atoms with E-state index >= 15 is 0 Å². The van der Waals surface area contributed by atoms with E-state index in [1.807, 2.05) is 0 Å². The number of fused-ring (bicyclic) bond motifs is 1. The summed E-state index contributed by atoms with van der Waals surface area (Å²) >= 11 is 0. The maximum atomic E-state index is 10.5. The summed E-state index contributed by atoms with van der Waals surface area (Å²) < 4.78 is 0. The van der Waals surface area contributed by atoms with E-state index in [2.05, 4.69) is 41.9 Å². The number of hydrogen-bond acceptors (Lipinski definition) is 2. The Morgan fingerprint density at radius 1 is 1.33 bits per heavy atom. The molecule has 1 saturated carbocycles. The summed E-state index contributed by atoms with van der Waals surface area (Å²) in [6.45, 7) is 6.41. The van der Waals surface area contributed by atoms with Crippen LogP contribution in [0.2, 0.25) is 0 Å². The van der Waals surface area contributed by atoms with Crippen molar-refractivity contribution in [1.29, 1.82) is 0 Å². The van der Waals surface area contributed by atoms with E-state index < -0.39 is 0 Å². The lowest BCUT2D eigenvalue weighted by Crippen LogP contribution is -2.40. The quantitative estimate of drug-likeness (QED) is 0.908. The summed E-state index contributed by atoms with van der Waals surface area (Å²) in [7, 11) is 0. The fraction of sp³-hybridized carbons (Fsp3) is 0.556. The Labute approximate surface area is 126 Å². The Morgan fingerprint density at radius 3 is 2.90 bits per heavy atom. The van der Waals surface area contributed by atoms with Crippen molar-refractivity contribution >= 4 is 10.9 Å². The lowest BCUT2D eigenvalue weighted by atomic mass is 10.1. The summed E-state index contributed by atoms with van der Waals surface area (Å²) in [6.07, 6.45) is 4.33. The van der Waals surface area contributed by atoms with Crippen LogP contribution in [0, 0.1) is 13.8 Å². The first-order chi connectivity index (χ1) is 10.1. The highest BCUT2D eigenvalue weighted by atomic mass is 16.3. The first kappa shape index (κ1) is 13.4. The van der Waals surface area contributed by atoms with E-state index in [-0.39, 0.29) is 5.60 Å². The molecule has 1 aliphatic carbocycles. The van der Waals surface area contributed by atoms with Crippen molar-refractivity contribution in [2.24, 2.45) is 0 Å². The molecule has 4 rings (SSSR count). The van der Waals surface area contributed by atoms with Gasteiger partial charge in [0, 0.05) is 29.2 Å². The van der Waals surface area contributed by atoms with Crippen molar-refractivity contribution in [2.75, 3.05) is 6.54 Å². The third-order valence-corrected chi connectivity index (χ3v) is 5.42. The molecule has 2 fully saturated rings. The molecular formula is C18H24N2O. The smallest absolute Gasteiger partial charge is 0.0804 e. The van der Waals surface area contributed by atoms with Gasteiger partial charge in [-0.15, -0.1) is 0 Å². The molecule has 2 aromatic rings. The Hall–Kier alpha value is -1.32. The average Bonchev–Trinajstić information content (AvgIpc) is 2.92. The highest BCUT2D eigenvalue weighted by Gasteiger charge is 2.51. The fourth-order valence-electron chi connectivity index (χ4n) is 3.94. The molecule has 1 atom stereocenters. The van der Waals surface area contributed by atoms with Crippen molar-refractivity contribution in [3.05, 3.63) is 35.0 Å². The number of benzene rings is 1. The van der Waals surface area contributed by atoms with Gasteiger partial charge in [0.25, 0.3) is 0 Å². The van der Waals surface area contributed by atoms with E-state index in [0.29, 0.717) is 6.04 Å². The molecule has 2 heterocycles. The number of rotatable bonds is 3. The molecule has 0 radical (unpaired) electrons. The van der Waals surface area contributed by atoms with E-state index in [9.17, 15) is 5.11 Å². The summed E-state index contributed by atoms with van der Waals surface area (Å²) in [6, 6.07) is 6.97. The normalized spacial score (nSPS) is 24.8. The third-order valence-electron chi connectivity index (χ3n) is 5.42. The summed E-state index contributed by atoms with van der Waals surface area (Å²) in [4.78, 5) is 6.07. The number of hydrogen-bond donors (Lipinski definition) is 2. The molecule has 0 bridgehead atoms. The summed E-state index contributed by atoms with van der Waals surface area (Å²) in [5.41, 5.74) is 4.83. The van der Waals surface area contributed by atoms with Crippen molar-refractivity contribution in [3.8, 4) is 0 Å². The zero-order valence-corrected chi connectivity index (χ0v) is 12.9.